The van der Waals surface area contributed by atoms with E-state index < -0.39 is 0 Å². The molecule has 57 heavy (non-hydrogen) atoms. The maximum atomic E-state index is 6.87. The molecule has 0 aliphatic heterocycles. The van der Waals surface area contributed by atoms with Gasteiger partial charge in [-0.2, -0.15) is 0 Å². The number of furan rings is 1. The molecule has 0 aliphatic rings. The van der Waals surface area contributed by atoms with Crippen molar-refractivity contribution >= 4 is 43.5 Å². The highest BCUT2D eigenvalue weighted by atomic mass is 16.3. The van der Waals surface area contributed by atoms with Crippen molar-refractivity contribution in [2.24, 2.45) is 0 Å². The number of rotatable bonds is 6. The first-order chi connectivity index (χ1) is 28.3. The van der Waals surface area contributed by atoms with Crippen LogP contribution in [-0.2, 0) is 0 Å². The topological polar surface area (TPSA) is 51.8 Å². The van der Waals surface area contributed by atoms with Gasteiger partial charge in [0.2, 0.25) is 0 Å². The number of fused-ring (bicyclic) bond motifs is 6. The summed E-state index contributed by atoms with van der Waals surface area (Å²) in [6, 6.07) is 70.4. The molecule has 0 amide bonds. The van der Waals surface area contributed by atoms with E-state index in [1.54, 1.807) is 0 Å². The molecule has 0 fully saturated rings. The van der Waals surface area contributed by atoms with Crippen LogP contribution in [0, 0.1) is 0 Å². The Morgan fingerprint density at radius 1 is 0.316 bits per heavy atom. The summed E-state index contributed by atoms with van der Waals surface area (Å²) in [5.74, 6) is 0. The molecular formula is C53H33N3O. The number of benzene rings is 9. The summed E-state index contributed by atoms with van der Waals surface area (Å²) in [5, 5.41) is 21.1. The standard InChI is InChI=1S/C53H33N3O/c1-4-18-34(19-5-1)38-25-12-13-28-41(38)45-33-47-50(43-30-16-17-31-46(43)57-47)51(49(45)44-32-37-24-10-11-26-39(37)40-27-14-15-29-42(40)44)53-48(35-20-6-2-7-21-35)52(54-56-55-53)36-22-8-3-9-23-36/h1-33H. The molecule has 0 N–H and O–H groups in total. The highest BCUT2D eigenvalue weighted by molar-refractivity contribution is 6.24. The summed E-state index contributed by atoms with van der Waals surface area (Å²) in [7, 11) is 0. The molecule has 0 unspecified atom stereocenters. The lowest BCUT2D eigenvalue weighted by atomic mass is 9.80. The minimum absolute atomic E-state index is 0.734. The van der Waals surface area contributed by atoms with Crippen LogP contribution in [0.2, 0.25) is 0 Å². The molecule has 0 saturated carbocycles. The summed E-state index contributed by atoms with van der Waals surface area (Å²) in [4.78, 5) is 0. The largest absolute Gasteiger partial charge is 0.456 e. The van der Waals surface area contributed by atoms with Gasteiger partial charge in [0.1, 0.15) is 22.6 Å². The van der Waals surface area contributed by atoms with Crippen LogP contribution < -0.4 is 0 Å². The van der Waals surface area contributed by atoms with Gasteiger partial charge in [-0.25, -0.2) is 0 Å². The van der Waals surface area contributed by atoms with Crippen molar-refractivity contribution in [3.05, 3.63) is 200 Å². The lowest BCUT2D eigenvalue weighted by Gasteiger charge is -2.22. The number of nitrogens with zero attached hydrogens (tertiary/aromatic N) is 3. The van der Waals surface area contributed by atoms with Crippen LogP contribution in [0.4, 0.5) is 0 Å². The summed E-state index contributed by atoms with van der Waals surface area (Å²) in [6.45, 7) is 0. The maximum absolute atomic E-state index is 6.87. The molecular weight excluding hydrogens is 695 g/mol. The van der Waals surface area contributed by atoms with Gasteiger partial charge >= 0.3 is 0 Å². The van der Waals surface area contributed by atoms with E-state index in [2.05, 4.69) is 169 Å². The number of hydrogen-bond donors (Lipinski definition) is 0. The van der Waals surface area contributed by atoms with Crippen molar-refractivity contribution in [3.8, 4) is 67.0 Å². The average Bonchev–Trinajstić information content (AvgIpc) is 3.67. The molecule has 11 aromatic rings. The van der Waals surface area contributed by atoms with E-state index in [9.17, 15) is 0 Å². The van der Waals surface area contributed by atoms with Crippen molar-refractivity contribution in [1.29, 1.82) is 0 Å². The van der Waals surface area contributed by atoms with E-state index in [4.69, 9.17) is 14.6 Å². The van der Waals surface area contributed by atoms with Gasteiger partial charge in [-0.05, 0) is 78.3 Å². The Labute approximate surface area is 329 Å². The third-order valence-corrected chi connectivity index (χ3v) is 11.1. The van der Waals surface area contributed by atoms with Crippen molar-refractivity contribution in [2.75, 3.05) is 0 Å². The molecule has 0 saturated heterocycles. The van der Waals surface area contributed by atoms with Crippen LogP contribution in [0.15, 0.2) is 205 Å². The van der Waals surface area contributed by atoms with Gasteiger partial charge in [-0.3, -0.25) is 0 Å². The Kier molecular flexibility index (Phi) is 7.78. The average molecular weight is 728 g/mol. The van der Waals surface area contributed by atoms with Crippen LogP contribution in [0.25, 0.3) is 111 Å². The van der Waals surface area contributed by atoms with Crippen LogP contribution >= 0.6 is 0 Å². The van der Waals surface area contributed by atoms with E-state index in [1.165, 1.54) is 10.8 Å². The van der Waals surface area contributed by atoms with Gasteiger partial charge in [0.05, 0.1) is 0 Å². The Morgan fingerprint density at radius 3 is 1.63 bits per heavy atom. The first-order valence-corrected chi connectivity index (χ1v) is 19.2. The van der Waals surface area contributed by atoms with Crippen molar-refractivity contribution < 1.29 is 4.42 Å². The number of hydrogen-bond acceptors (Lipinski definition) is 4. The lowest BCUT2D eigenvalue weighted by molar-refractivity contribution is 0.669. The fourth-order valence-corrected chi connectivity index (χ4v) is 8.64. The molecule has 266 valence electrons. The molecule has 2 aromatic heterocycles. The molecule has 0 aliphatic carbocycles. The van der Waals surface area contributed by atoms with Gasteiger partial charge < -0.3 is 4.42 Å². The summed E-state index contributed by atoms with van der Waals surface area (Å²) >= 11 is 0. The van der Waals surface area contributed by atoms with E-state index in [1.807, 2.05) is 36.4 Å². The maximum Gasteiger partial charge on any atom is 0.136 e. The van der Waals surface area contributed by atoms with Crippen LogP contribution in [0.5, 0.6) is 0 Å². The Bertz CT molecular complexity index is 3280. The molecule has 11 rings (SSSR count). The van der Waals surface area contributed by atoms with Crippen LogP contribution in [-0.4, -0.2) is 15.4 Å². The highest BCUT2D eigenvalue weighted by Crippen LogP contribution is 2.53. The minimum atomic E-state index is 0.734. The Morgan fingerprint density at radius 2 is 0.877 bits per heavy atom. The predicted octanol–water partition coefficient (Wildman–Crippen LogP) is 14.1. The predicted molar refractivity (Wildman–Crippen MR) is 235 cm³/mol. The molecule has 0 atom stereocenters. The minimum Gasteiger partial charge on any atom is -0.456 e. The second kappa shape index (κ2) is 13.6. The lowest BCUT2D eigenvalue weighted by Crippen LogP contribution is -2.03. The van der Waals surface area contributed by atoms with Gasteiger partial charge in [-0.15, -0.1) is 10.2 Å². The third kappa shape index (κ3) is 5.42. The van der Waals surface area contributed by atoms with Gasteiger partial charge in [-0.1, -0.05) is 182 Å². The Balaban J connectivity index is 1.40. The van der Waals surface area contributed by atoms with E-state index in [-0.39, 0.29) is 0 Å². The number of aromatic nitrogens is 3. The van der Waals surface area contributed by atoms with Crippen molar-refractivity contribution in [1.82, 2.24) is 15.4 Å². The zero-order chi connectivity index (χ0) is 37.7. The molecule has 4 nitrogen and oxygen atoms in total. The fourth-order valence-electron chi connectivity index (χ4n) is 8.64. The van der Waals surface area contributed by atoms with E-state index in [0.29, 0.717) is 0 Å². The summed E-state index contributed by atoms with van der Waals surface area (Å²) < 4.78 is 6.87. The quantitative estimate of drug-likeness (QED) is 0.160. The monoisotopic (exact) mass is 727 g/mol. The normalized spacial score (nSPS) is 11.5. The third-order valence-electron chi connectivity index (χ3n) is 11.1. The van der Waals surface area contributed by atoms with E-state index >= 15 is 0 Å². The smallest absolute Gasteiger partial charge is 0.136 e. The second-order valence-electron chi connectivity index (χ2n) is 14.3. The second-order valence-corrected chi connectivity index (χ2v) is 14.3. The molecule has 9 aromatic carbocycles. The summed E-state index contributed by atoms with van der Waals surface area (Å²) in [5.41, 5.74) is 13.4. The fraction of sp³-hybridized carbons (Fsp3) is 0. The van der Waals surface area contributed by atoms with Crippen LogP contribution in [0.1, 0.15) is 0 Å². The Hall–Kier alpha value is -7.69. The first kappa shape index (κ1) is 32.7. The summed E-state index contributed by atoms with van der Waals surface area (Å²) in [6.07, 6.45) is 0. The van der Waals surface area contributed by atoms with Gasteiger partial charge in [0, 0.05) is 33.0 Å². The van der Waals surface area contributed by atoms with E-state index in [0.717, 1.165) is 99.7 Å². The molecule has 2 heterocycles. The van der Waals surface area contributed by atoms with Crippen molar-refractivity contribution in [3.63, 3.8) is 0 Å². The van der Waals surface area contributed by atoms with Gasteiger partial charge in [0.25, 0.3) is 0 Å². The zero-order valence-corrected chi connectivity index (χ0v) is 30.8. The van der Waals surface area contributed by atoms with Crippen molar-refractivity contribution in [2.45, 2.75) is 0 Å². The zero-order valence-electron chi connectivity index (χ0n) is 30.8. The molecule has 0 bridgehead atoms. The van der Waals surface area contributed by atoms with Crippen LogP contribution in [0.3, 0.4) is 0 Å². The highest BCUT2D eigenvalue weighted by Gasteiger charge is 2.29. The SMILES string of the molecule is c1ccc(-c2ccccc2-c2cc3oc4ccccc4c3c(-c3nnnc(-c4ccccc4)c3-c3ccccc3)c2-c2cc3ccccc3c3ccccc23)cc1. The first-order valence-electron chi connectivity index (χ1n) is 19.2. The molecule has 0 radical (unpaired) electrons. The number of para-hydroxylation sites is 1. The molecule has 0 spiro atoms. The van der Waals surface area contributed by atoms with Gasteiger partial charge in [0.15, 0.2) is 0 Å². The molecule has 4 heteroatoms.